The maximum absolute atomic E-state index is 13.0. The number of hydrogen-bond donors (Lipinski definition) is 3. The first-order valence-electron chi connectivity index (χ1n) is 10.7. The van der Waals surface area contributed by atoms with E-state index in [0.717, 1.165) is 46.9 Å². The van der Waals surface area contributed by atoms with E-state index in [-0.39, 0.29) is 22.2 Å². The van der Waals surface area contributed by atoms with Crippen LogP contribution in [0.5, 0.6) is 0 Å². The zero-order valence-electron chi connectivity index (χ0n) is 18.0. The quantitative estimate of drug-likeness (QED) is 0.209. The van der Waals surface area contributed by atoms with Gasteiger partial charge in [-0.3, -0.25) is 14.5 Å². The molecule has 1 aromatic heterocycles. The molecule has 0 radical (unpaired) electrons. The number of nitrogen functional groups attached to an aromatic ring is 1. The van der Waals surface area contributed by atoms with Gasteiger partial charge in [0.25, 0.3) is 11.8 Å². The molecule has 0 aliphatic carbocycles. The Morgan fingerprint density at radius 3 is 2.76 bits per heavy atom. The molecule has 4 aliphatic rings. The number of carboxylic acids is 1. The number of nitrogens with two attached hydrogens (primary N) is 1. The van der Waals surface area contributed by atoms with E-state index in [1.165, 1.54) is 36.6 Å². The lowest BCUT2D eigenvalue weighted by atomic mass is 10.0. The standard InChI is InChI=1S/C20H24N6O5S2/c1-31-24-13(12-9-33-20(21)22-12)16(27)23-14-17(28)25-15(19(29)30)11(8-32-18(14)25)7-26-4-2-10(6-26)3-5-26/h9-10,14,18H,2-8H2,1H3,(H3-,21,22,23,27,29,30)/p+1/b24-13-/t10?,14-,18-,26?/m1/s1. The van der Waals surface area contributed by atoms with Gasteiger partial charge < -0.3 is 25.5 Å². The highest BCUT2D eigenvalue weighted by molar-refractivity contribution is 8.00. The molecule has 4 aliphatic heterocycles. The van der Waals surface area contributed by atoms with Gasteiger partial charge in [0, 0.05) is 35.5 Å². The first kappa shape index (κ1) is 22.2. The maximum atomic E-state index is 13.0. The Hall–Kier alpha value is -2.64. The van der Waals surface area contributed by atoms with Crippen LogP contribution in [0.3, 0.4) is 0 Å². The smallest absolute Gasteiger partial charge is 0.352 e. The van der Waals surface area contributed by atoms with Gasteiger partial charge in [0.05, 0.1) is 19.6 Å². The SMILES string of the molecule is CO/N=C(\C(=O)N[C@@H]1C(=O)N2C(C(=O)O)=C(C[N+]34CCC(CC3)C4)CS[C@H]12)c1csc(N)n1. The van der Waals surface area contributed by atoms with Crippen LogP contribution in [0.1, 0.15) is 18.5 Å². The van der Waals surface area contributed by atoms with Gasteiger partial charge in [-0.15, -0.1) is 23.1 Å². The van der Waals surface area contributed by atoms with Crippen molar-refractivity contribution in [3.8, 4) is 0 Å². The van der Waals surface area contributed by atoms with E-state index in [9.17, 15) is 19.5 Å². The van der Waals surface area contributed by atoms with E-state index in [2.05, 4.69) is 15.5 Å². The second-order valence-electron chi connectivity index (χ2n) is 8.88. The van der Waals surface area contributed by atoms with E-state index in [1.807, 2.05) is 0 Å². The molecule has 1 aromatic rings. The average molecular weight is 494 g/mol. The largest absolute Gasteiger partial charge is 0.477 e. The van der Waals surface area contributed by atoms with Crippen LogP contribution in [0.25, 0.3) is 0 Å². The van der Waals surface area contributed by atoms with Crippen molar-refractivity contribution in [3.05, 3.63) is 22.3 Å². The Bertz CT molecular complexity index is 1080. The van der Waals surface area contributed by atoms with Gasteiger partial charge in [-0.05, 0) is 0 Å². The lowest BCUT2D eigenvalue weighted by molar-refractivity contribution is -0.904. The number of oxime groups is 1. The van der Waals surface area contributed by atoms with Gasteiger partial charge >= 0.3 is 5.97 Å². The molecule has 33 heavy (non-hydrogen) atoms. The lowest BCUT2D eigenvalue weighted by Gasteiger charge is -2.50. The van der Waals surface area contributed by atoms with E-state index in [0.29, 0.717) is 12.3 Å². The van der Waals surface area contributed by atoms with Crippen molar-refractivity contribution in [2.75, 3.05) is 44.8 Å². The summed E-state index contributed by atoms with van der Waals surface area (Å²) in [7, 11) is 1.30. The number of piperidine rings is 1. The van der Waals surface area contributed by atoms with E-state index >= 15 is 0 Å². The summed E-state index contributed by atoms with van der Waals surface area (Å²) in [5.41, 5.74) is 6.69. The Balaban J connectivity index is 1.33. The minimum Gasteiger partial charge on any atom is -0.477 e. The molecule has 13 heteroatoms. The minimum absolute atomic E-state index is 0.0788. The molecule has 0 spiro atoms. The number of aromatic nitrogens is 1. The fourth-order valence-electron chi connectivity index (χ4n) is 5.42. The molecule has 11 nitrogen and oxygen atoms in total. The average Bonchev–Trinajstić information content (AvgIpc) is 3.51. The van der Waals surface area contributed by atoms with Crippen LogP contribution in [0, 0.1) is 5.92 Å². The molecule has 2 atom stereocenters. The van der Waals surface area contributed by atoms with Crippen molar-refractivity contribution >= 4 is 51.7 Å². The molecule has 0 saturated carbocycles. The number of rotatable bonds is 7. The summed E-state index contributed by atoms with van der Waals surface area (Å²) in [6.07, 6.45) is 2.39. The summed E-state index contributed by atoms with van der Waals surface area (Å²) < 4.78 is 0.928. The summed E-state index contributed by atoms with van der Waals surface area (Å²) in [6.45, 7) is 3.92. The molecule has 4 N–H and O–H groups in total. The second kappa shape index (κ2) is 8.29. The summed E-state index contributed by atoms with van der Waals surface area (Å²) in [4.78, 5) is 48.2. The molecule has 176 valence electrons. The predicted molar refractivity (Wildman–Crippen MR) is 122 cm³/mol. The van der Waals surface area contributed by atoms with Crippen molar-refractivity contribution in [2.45, 2.75) is 24.3 Å². The molecule has 5 rings (SSSR count). The molecule has 5 heterocycles. The van der Waals surface area contributed by atoms with Gasteiger partial charge in [0.15, 0.2) is 10.8 Å². The first-order valence-corrected chi connectivity index (χ1v) is 12.6. The third kappa shape index (κ3) is 3.77. The highest BCUT2D eigenvalue weighted by atomic mass is 32.2. The molecule has 0 unspecified atom stereocenters. The van der Waals surface area contributed by atoms with E-state index in [4.69, 9.17) is 10.6 Å². The van der Waals surface area contributed by atoms with Crippen LogP contribution in [0.2, 0.25) is 0 Å². The summed E-state index contributed by atoms with van der Waals surface area (Å²) in [5.74, 6) is -0.906. The number of nitrogens with one attached hydrogen (secondary N) is 1. The molecular weight excluding hydrogens is 468 g/mol. The van der Waals surface area contributed by atoms with Crippen LogP contribution >= 0.6 is 23.1 Å². The van der Waals surface area contributed by atoms with Crippen LogP contribution < -0.4 is 11.1 Å². The zero-order chi connectivity index (χ0) is 23.3. The number of carbonyl (C=O) groups excluding carboxylic acids is 2. The molecule has 2 bridgehead atoms. The van der Waals surface area contributed by atoms with Crippen molar-refractivity contribution in [1.82, 2.24) is 15.2 Å². The zero-order valence-corrected chi connectivity index (χ0v) is 19.7. The number of carboxylic acid groups (broad SMARTS) is 1. The summed E-state index contributed by atoms with van der Waals surface area (Å²) in [5, 5.41) is 17.7. The summed E-state index contributed by atoms with van der Waals surface area (Å²) >= 11 is 2.63. The third-order valence-corrected chi connectivity index (χ3v) is 8.91. The second-order valence-corrected chi connectivity index (χ2v) is 10.9. The Labute approximate surface area is 198 Å². The van der Waals surface area contributed by atoms with Gasteiger partial charge in [0.1, 0.15) is 36.5 Å². The van der Waals surface area contributed by atoms with Crippen LogP contribution in [0.15, 0.2) is 21.8 Å². The number of hydrogen-bond acceptors (Lipinski definition) is 9. The number of fused-ring (bicyclic) bond motifs is 3. The molecule has 3 fully saturated rings. The molecule has 2 amide bonds. The number of anilines is 1. The summed E-state index contributed by atoms with van der Waals surface area (Å²) in [6, 6.07) is -0.855. The normalized spacial score (nSPS) is 30.8. The van der Waals surface area contributed by atoms with Crippen LogP contribution in [-0.2, 0) is 19.2 Å². The van der Waals surface area contributed by atoms with Crippen LogP contribution in [-0.4, -0.2) is 93.4 Å². The lowest BCUT2D eigenvalue weighted by Crippen LogP contribution is -2.71. The topological polar surface area (TPSA) is 147 Å². The van der Waals surface area contributed by atoms with Crippen LogP contribution in [0.4, 0.5) is 5.13 Å². The van der Waals surface area contributed by atoms with E-state index in [1.54, 1.807) is 5.38 Å². The number of thiazole rings is 1. The van der Waals surface area contributed by atoms with Crippen molar-refractivity contribution in [2.24, 2.45) is 11.1 Å². The van der Waals surface area contributed by atoms with Gasteiger partial charge in [-0.25, -0.2) is 9.78 Å². The number of amides is 2. The van der Waals surface area contributed by atoms with Crippen molar-refractivity contribution < 1.29 is 28.8 Å². The number of carbonyl (C=O) groups is 3. The Morgan fingerprint density at radius 2 is 2.18 bits per heavy atom. The molecule has 3 saturated heterocycles. The highest BCUT2D eigenvalue weighted by Gasteiger charge is 2.56. The third-order valence-electron chi connectivity index (χ3n) is 6.89. The van der Waals surface area contributed by atoms with Gasteiger partial charge in [-0.2, -0.15) is 0 Å². The number of β-lactam (4-membered cyclic amide) rings is 1. The Kier molecular flexibility index (Phi) is 5.57. The van der Waals surface area contributed by atoms with E-state index < -0.39 is 29.2 Å². The van der Waals surface area contributed by atoms with Crippen molar-refractivity contribution in [3.63, 3.8) is 0 Å². The minimum atomic E-state index is -1.10. The fourth-order valence-corrected chi connectivity index (χ4v) is 7.30. The molecule has 0 aromatic carbocycles. The first-order chi connectivity index (χ1) is 15.8. The molecular formula is C20H25N6O5S2+. The van der Waals surface area contributed by atoms with Crippen molar-refractivity contribution in [1.29, 1.82) is 0 Å². The number of aliphatic carboxylic acids is 1. The fraction of sp³-hybridized carbons (Fsp3) is 0.550. The number of nitrogens with zero attached hydrogens (tertiary/aromatic N) is 4. The highest BCUT2D eigenvalue weighted by Crippen LogP contribution is 2.43. The predicted octanol–water partition coefficient (Wildman–Crippen LogP) is 0.0548. The number of quaternary nitrogens is 1. The maximum Gasteiger partial charge on any atom is 0.352 e. The Morgan fingerprint density at radius 1 is 1.42 bits per heavy atom. The van der Waals surface area contributed by atoms with Gasteiger partial charge in [0.2, 0.25) is 0 Å². The number of thioether (sulfide) groups is 1. The van der Waals surface area contributed by atoms with Gasteiger partial charge in [-0.1, -0.05) is 5.16 Å². The monoisotopic (exact) mass is 493 g/mol.